The number of nitrogens with two attached hydrogens (primary N) is 1. The quantitative estimate of drug-likeness (QED) is 0.698. The lowest BCUT2D eigenvalue weighted by molar-refractivity contribution is 0.0791. The molecule has 1 atom stereocenters. The summed E-state index contributed by atoms with van der Waals surface area (Å²) < 4.78 is 0. The molecule has 0 unspecified atom stereocenters. The average molecular weight is 378 g/mol. The van der Waals surface area contributed by atoms with Crippen molar-refractivity contribution in [3.8, 4) is 11.3 Å². The molecule has 1 aromatic heterocycles. The summed E-state index contributed by atoms with van der Waals surface area (Å²) in [7, 11) is 0. The van der Waals surface area contributed by atoms with Crippen LogP contribution in [0.2, 0.25) is 0 Å². The summed E-state index contributed by atoms with van der Waals surface area (Å²) in [4.78, 5) is 20.7. The summed E-state index contributed by atoms with van der Waals surface area (Å²) in [5, 5.41) is 1.16. The number of likely N-dealkylation sites (tertiary alicyclic amines) is 1. The van der Waals surface area contributed by atoms with Gasteiger partial charge >= 0.3 is 0 Å². The topological polar surface area (TPSA) is 59.2 Å². The second-order valence-corrected chi connectivity index (χ2v) is 7.97. The van der Waals surface area contributed by atoms with E-state index in [2.05, 4.69) is 37.4 Å². The van der Waals surface area contributed by atoms with Gasteiger partial charge in [-0.15, -0.1) is 11.8 Å². The maximum Gasteiger partial charge on any atom is 0.253 e. The fourth-order valence-electron chi connectivity index (χ4n) is 3.62. The van der Waals surface area contributed by atoms with Crippen molar-refractivity contribution in [1.29, 1.82) is 0 Å². The van der Waals surface area contributed by atoms with Gasteiger partial charge in [-0.05, 0) is 55.5 Å². The number of nitrogens with zero attached hydrogens (tertiary/aromatic N) is 2. The zero-order valence-corrected chi connectivity index (χ0v) is 16.4. The molecule has 1 saturated heterocycles. The number of thioether (sulfide) groups is 1. The molecule has 4 rings (SSSR count). The molecule has 0 aliphatic carbocycles. The van der Waals surface area contributed by atoms with E-state index in [4.69, 9.17) is 10.7 Å². The number of rotatable bonds is 3. The maximum absolute atomic E-state index is 12.8. The first-order valence-electron chi connectivity index (χ1n) is 9.16. The third-order valence-electron chi connectivity index (χ3n) is 5.14. The number of hydrogen-bond acceptors (Lipinski definition) is 4. The standard InChI is InChI=1S/C22H23N3OS/c1-14-10-20(24-21-12-18(27-2)6-7-19(14)21)15-4-3-5-16(11-15)22(26)25-9-8-17(23)13-25/h3-7,10-12,17H,8-9,13,23H2,1-2H3/t17-/m0/s1. The number of aromatic nitrogens is 1. The molecule has 0 saturated carbocycles. The highest BCUT2D eigenvalue weighted by Crippen LogP contribution is 2.28. The Balaban J connectivity index is 1.72. The van der Waals surface area contributed by atoms with Crippen LogP contribution in [0.25, 0.3) is 22.2 Å². The molecule has 27 heavy (non-hydrogen) atoms. The van der Waals surface area contributed by atoms with Crippen molar-refractivity contribution in [2.75, 3.05) is 19.3 Å². The smallest absolute Gasteiger partial charge is 0.253 e. The Kier molecular flexibility index (Phi) is 4.89. The van der Waals surface area contributed by atoms with Gasteiger partial charge in [-0.25, -0.2) is 4.98 Å². The second-order valence-electron chi connectivity index (χ2n) is 7.09. The number of benzene rings is 2. The van der Waals surface area contributed by atoms with E-state index in [1.807, 2.05) is 29.2 Å². The number of pyridine rings is 1. The molecule has 1 aliphatic rings. The van der Waals surface area contributed by atoms with Crippen LogP contribution < -0.4 is 5.73 Å². The van der Waals surface area contributed by atoms with Crippen LogP contribution in [0.1, 0.15) is 22.3 Å². The van der Waals surface area contributed by atoms with Crippen molar-refractivity contribution in [3.63, 3.8) is 0 Å². The summed E-state index contributed by atoms with van der Waals surface area (Å²) in [6.45, 7) is 3.47. The number of carbonyl (C=O) groups excluding carboxylic acids is 1. The van der Waals surface area contributed by atoms with Crippen molar-refractivity contribution >= 4 is 28.6 Å². The van der Waals surface area contributed by atoms with Gasteiger partial charge in [0.15, 0.2) is 0 Å². The van der Waals surface area contributed by atoms with Gasteiger partial charge in [-0.1, -0.05) is 18.2 Å². The molecule has 0 radical (unpaired) electrons. The Bertz CT molecular complexity index is 1020. The molecule has 3 aromatic rings. The van der Waals surface area contributed by atoms with Crippen molar-refractivity contribution in [3.05, 3.63) is 59.7 Å². The minimum Gasteiger partial charge on any atom is -0.337 e. The molecule has 5 heteroatoms. The molecular formula is C22H23N3OS. The third-order valence-corrected chi connectivity index (χ3v) is 5.87. The summed E-state index contributed by atoms with van der Waals surface area (Å²) in [6, 6.07) is 16.3. The van der Waals surface area contributed by atoms with Gasteiger partial charge in [-0.2, -0.15) is 0 Å². The predicted molar refractivity (Wildman–Crippen MR) is 112 cm³/mol. The van der Waals surface area contributed by atoms with E-state index in [1.54, 1.807) is 11.8 Å². The van der Waals surface area contributed by atoms with Crippen LogP contribution in [0.4, 0.5) is 0 Å². The lowest BCUT2D eigenvalue weighted by Gasteiger charge is -2.16. The van der Waals surface area contributed by atoms with Crippen molar-refractivity contribution < 1.29 is 4.79 Å². The van der Waals surface area contributed by atoms with Crippen LogP contribution in [0, 0.1) is 6.92 Å². The van der Waals surface area contributed by atoms with E-state index >= 15 is 0 Å². The van der Waals surface area contributed by atoms with Gasteiger partial charge in [0.25, 0.3) is 5.91 Å². The Morgan fingerprint density at radius 3 is 2.81 bits per heavy atom. The molecule has 2 N–H and O–H groups in total. The molecule has 138 valence electrons. The Hall–Kier alpha value is -2.37. The highest BCUT2D eigenvalue weighted by Gasteiger charge is 2.24. The van der Waals surface area contributed by atoms with Crippen LogP contribution >= 0.6 is 11.8 Å². The number of hydrogen-bond donors (Lipinski definition) is 1. The van der Waals surface area contributed by atoms with Gasteiger partial charge in [0, 0.05) is 40.5 Å². The molecule has 2 aromatic carbocycles. The number of fused-ring (bicyclic) bond motifs is 1. The van der Waals surface area contributed by atoms with E-state index in [1.165, 1.54) is 10.5 Å². The Labute approximate surface area is 163 Å². The second kappa shape index (κ2) is 7.33. The van der Waals surface area contributed by atoms with E-state index < -0.39 is 0 Å². The van der Waals surface area contributed by atoms with E-state index in [0.717, 1.165) is 35.1 Å². The van der Waals surface area contributed by atoms with Crippen LogP contribution in [0.5, 0.6) is 0 Å². The fourth-order valence-corrected chi connectivity index (χ4v) is 4.06. The monoisotopic (exact) mass is 377 g/mol. The number of amides is 1. The van der Waals surface area contributed by atoms with Crippen molar-refractivity contribution in [1.82, 2.24) is 9.88 Å². The van der Waals surface area contributed by atoms with Gasteiger partial charge in [0.2, 0.25) is 0 Å². The number of aryl methyl sites for hydroxylation is 1. The summed E-state index contributed by atoms with van der Waals surface area (Å²) in [6.07, 6.45) is 2.94. The van der Waals surface area contributed by atoms with Gasteiger partial charge < -0.3 is 10.6 Å². The molecule has 1 amide bonds. The van der Waals surface area contributed by atoms with Crippen LogP contribution in [0.3, 0.4) is 0 Å². The molecule has 0 spiro atoms. The zero-order chi connectivity index (χ0) is 19.0. The first-order valence-corrected chi connectivity index (χ1v) is 10.4. The van der Waals surface area contributed by atoms with Crippen molar-refractivity contribution in [2.45, 2.75) is 24.3 Å². The van der Waals surface area contributed by atoms with Gasteiger partial charge in [0.05, 0.1) is 11.2 Å². The zero-order valence-electron chi connectivity index (χ0n) is 15.6. The average Bonchev–Trinajstić information content (AvgIpc) is 3.13. The third kappa shape index (κ3) is 3.57. The van der Waals surface area contributed by atoms with Crippen LogP contribution in [0.15, 0.2) is 53.4 Å². The molecule has 1 fully saturated rings. The minimum absolute atomic E-state index is 0.0481. The van der Waals surface area contributed by atoms with Gasteiger partial charge in [-0.3, -0.25) is 4.79 Å². The number of carbonyl (C=O) groups is 1. The molecule has 1 aliphatic heterocycles. The summed E-state index contributed by atoms with van der Waals surface area (Å²) >= 11 is 1.71. The Morgan fingerprint density at radius 1 is 1.22 bits per heavy atom. The highest BCUT2D eigenvalue weighted by molar-refractivity contribution is 7.98. The first-order chi connectivity index (χ1) is 13.0. The van der Waals surface area contributed by atoms with Gasteiger partial charge in [0.1, 0.15) is 0 Å². The van der Waals surface area contributed by atoms with Crippen LogP contribution in [-0.2, 0) is 0 Å². The lowest BCUT2D eigenvalue weighted by Crippen LogP contribution is -2.31. The molecule has 4 nitrogen and oxygen atoms in total. The normalized spacial score (nSPS) is 16.9. The lowest BCUT2D eigenvalue weighted by atomic mass is 10.0. The molecule has 2 heterocycles. The molecule has 0 bridgehead atoms. The predicted octanol–water partition coefficient (Wildman–Crippen LogP) is 4.11. The summed E-state index contributed by atoms with van der Waals surface area (Å²) in [5.74, 6) is 0.0481. The SMILES string of the molecule is CSc1ccc2c(C)cc(-c3cccc(C(=O)N4CC[C@H](N)C4)c3)nc2c1. The fraction of sp³-hybridized carbons (Fsp3) is 0.273. The maximum atomic E-state index is 12.8. The van der Waals surface area contributed by atoms with E-state index in [0.29, 0.717) is 12.1 Å². The highest BCUT2D eigenvalue weighted by atomic mass is 32.2. The molecular weight excluding hydrogens is 354 g/mol. The Morgan fingerprint density at radius 2 is 2.07 bits per heavy atom. The first kappa shape index (κ1) is 18.0. The van der Waals surface area contributed by atoms with Crippen LogP contribution in [-0.4, -0.2) is 41.2 Å². The van der Waals surface area contributed by atoms with E-state index in [9.17, 15) is 4.79 Å². The minimum atomic E-state index is 0.0481. The van der Waals surface area contributed by atoms with E-state index in [-0.39, 0.29) is 11.9 Å². The summed E-state index contributed by atoms with van der Waals surface area (Å²) in [5.41, 5.74) is 10.7. The largest absolute Gasteiger partial charge is 0.337 e. The van der Waals surface area contributed by atoms with Crippen molar-refractivity contribution in [2.24, 2.45) is 5.73 Å².